The van der Waals surface area contributed by atoms with E-state index in [0.717, 1.165) is 43.9 Å². The molecule has 2 unspecified atom stereocenters. The van der Waals surface area contributed by atoms with Crippen molar-refractivity contribution in [2.24, 2.45) is 18.4 Å². The standard InChI is InChI=1S/C24H23F5N4O3/c1-32-20(34)14-11-12(25)10-13(18(14)31-22(32)33-8-6-23(4-5-23)7-9-33)19(24(27,28)29)30-16-3-2-15(26)17(16)21(35)36/h2-3,10-11,17,19,30H,4-9H2,1H3,(H,35,36). The Bertz CT molecular complexity index is 1370. The number of anilines is 1. The number of nitrogens with zero attached hydrogens (tertiary/aromatic N) is 3. The molecule has 2 fully saturated rings. The van der Waals surface area contributed by atoms with Crippen molar-refractivity contribution in [3.05, 3.63) is 57.5 Å². The molecule has 1 saturated carbocycles. The summed E-state index contributed by atoms with van der Waals surface area (Å²) in [6.45, 7) is 1.17. The van der Waals surface area contributed by atoms with E-state index in [2.05, 4.69) is 4.98 Å². The van der Waals surface area contributed by atoms with Crippen molar-refractivity contribution in [1.29, 1.82) is 0 Å². The Balaban J connectivity index is 1.61. The van der Waals surface area contributed by atoms with Gasteiger partial charge in [-0.25, -0.2) is 13.8 Å². The maximum atomic E-state index is 14.5. The first-order chi connectivity index (χ1) is 16.9. The molecule has 0 bridgehead atoms. The summed E-state index contributed by atoms with van der Waals surface area (Å²) in [5, 5.41) is 11.0. The fourth-order valence-electron chi connectivity index (χ4n) is 5.11. The fourth-order valence-corrected chi connectivity index (χ4v) is 5.11. The van der Waals surface area contributed by atoms with Crippen LogP contribution >= 0.6 is 0 Å². The largest absolute Gasteiger partial charge is 0.480 e. The Morgan fingerprint density at radius 2 is 1.83 bits per heavy atom. The summed E-state index contributed by atoms with van der Waals surface area (Å²) in [5.41, 5.74) is -1.99. The average Bonchev–Trinajstić information content (AvgIpc) is 3.45. The van der Waals surface area contributed by atoms with Gasteiger partial charge in [0.2, 0.25) is 5.95 Å². The lowest BCUT2D eigenvalue weighted by Crippen LogP contribution is -2.39. The second-order valence-corrected chi connectivity index (χ2v) is 9.72. The smallest absolute Gasteiger partial charge is 0.412 e. The number of carbonyl (C=O) groups is 1. The van der Waals surface area contributed by atoms with Crippen LogP contribution in [0, 0.1) is 17.2 Å². The number of rotatable bonds is 5. The number of aromatic nitrogens is 2. The predicted molar refractivity (Wildman–Crippen MR) is 120 cm³/mol. The van der Waals surface area contributed by atoms with Crippen molar-refractivity contribution in [2.45, 2.75) is 37.9 Å². The van der Waals surface area contributed by atoms with E-state index in [-0.39, 0.29) is 16.9 Å². The van der Waals surface area contributed by atoms with Crippen molar-refractivity contribution in [1.82, 2.24) is 14.9 Å². The van der Waals surface area contributed by atoms with E-state index in [4.69, 9.17) is 0 Å². The van der Waals surface area contributed by atoms with E-state index < -0.39 is 52.6 Å². The summed E-state index contributed by atoms with van der Waals surface area (Å²) in [4.78, 5) is 30.8. The molecular formula is C24H23F5N4O3. The minimum absolute atomic E-state index is 0.174. The molecule has 2 atom stereocenters. The van der Waals surface area contributed by atoms with E-state index in [1.54, 1.807) is 0 Å². The summed E-state index contributed by atoms with van der Waals surface area (Å²) < 4.78 is 72.5. The number of allylic oxidation sites excluding steroid dienone is 2. The molecule has 1 aromatic carbocycles. The second-order valence-electron chi connectivity index (χ2n) is 9.72. The molecule has 0 amide bonds. The van der Waals surface area contributed by atoms with Gasteiger partial charge in [-0.3, -0.25) is 14.2 Å². The molecule has 1 saturated heterocycles. The normalized spacial score (nSPS) is 21.9. The van der Waals surface area contributed by atoms with Gasteiger partial charge in [0.1, 0.15) is 17.6 Å². The Labute approximate surface area is 201 Å². The van der Waals surface area contributed by atoms with Crippen LogP contribution in [0.4, 0.5) is 27.9 Å². The van der Waals surface area contributed by atoms with Crippen LogP contribution in [0.1, 0.15) is 37.3 Å². The molecule has 1 aliphatic heterocycles. The molecule has 1 aromatic heterocycles. The van der Waals surface area contributed by atoms with E-state index >= 15 is 0 Å². The summed E-state index contributed by atoms with van der Waals surface area (Å²) in [6.07, 6.45) is 0.628. The number of hydrogen-bond donors (Lipinski definition) is 2. The number of carboxylic acid groups (broad SMARTS) is 1. The van der Waals surface area contributed by atoms with Crippen LogP contribution in [-0.4, -0.2) is 39.9 Å². The molecule has 2 N–H and O–H groups in total. The quantitative estimate of drug-likeness (QED) is 0.590. The van der Waals surface area contributed by atoms with Crippen LogP contribution in [0.3, 0.4) is 0 Å². The summed E-state index contributed by atoms with van der Waals surface area (Å²) in [6, 6.07) is -1.20. The second kappa shape index (κ2) is 8.31. The van der Waals surface area contributed by atoms with Gasteiger partial charge in [-0.15, -0.1) is 0 Å². The van der Waals surface area contributed by atoms with Crippen LogP contribution < -0.4 is 15.8 Å². The Morgan fingerprint density at radius 3 is 2.42 bits per heavy atom. The third-order valence-corrected chi connectivity index (χ3v) is 7.42. The molecule has 36 heavy (non-hydrogen) atoms. The lowest BCUT2D eigenvalue weighted by atomic mass is 9.94. The molecule has 12 heteroatoms. The first-order valence-corrected chi connectivity index (χ1v) is 11.5. The third-order valence-electron chi connectivity index (χ3n) is 7.42. The fraction of sp³-hybridized carbons (Fsp3) is 0.458. The zero-order valence-corrected chi connectivity index (χ0v) is 19.2. The maximum Gasteiger partial charge on any atom is 0.412 e. The number of fused-ring (bicyclic) bond motifs is 1. The Kier molecular flexibility index (Phi) is 5.60. The highest BCUT2D eigenvalue weighted by atomic mass is 19.4. The van der Waals surface area contributed by atoms with Crippen LogP contribution in [0.15, 0.2) is 40.6 Å². The molecule has 2 heterocycles. The van der Waals surface area contributed by atoms with Crippen LogP contribution in [0.5, 0.6) is 0 Å². The lowest BCUT2D eigenvalue weighted by molar-refractivity contribution is -0.157. The van der Waals surface area contributed by atoms with Gasteiger partial charge in [0, 0.05) is 31.4 Å². The van der Waals surface area contributed by atoms with Gasteiger partial charge in [0.15, 0.2) is 6.04 Å². The van der Waals surface area contributed by atoms with Crippen molar-refractivity contribution in [3.63, 3.8) is 0 Å². The number of benzene rings is 1. The summed E-state index contributed by atoms with van der Waals surface area (Å²) in [7, 11) is 1.44. The third kappa shape index (κ3) is 4.11. The van der Waals surface area contributed by atoms with Gasteiger partial charge >= 0.3 is 12.1 Å². The van der Waals surface area contributed by atoms with Gasteiger partial charge in [0.25, 0.3) is 5.56 Å². The molecule has 192 valence electrons. The summed E-state index contributed by atoms with van der Waals surface area (Å²) >= 11 is 0. The molecule has 0 radical (unpaired) electrons. The van der Waals surface area contributed by atoms with E-state index in [1.165, 1.54) is 11.6 Å². The monoisotopic (exact) mass is 510 g/mol. The van der Waals surface area contributed by atoms with E-state index in [9.17, 15) is 36.6 Å². The predicted octanol–water partition coefficient (Wildman–Crippen LogP) is 4.10. The summed E-state index contributed by atoms with van der Waals surface area (Å²) in [5.74, 6) is -5.68. The van der Waals surface area contributed by atoms with Crippen LogP contribution in [0.25, 0.3) is 10.9 Å². The Morgan fingerprint density at radius 1 is 1.17 bits per heavy atom. The van der Waals surface area contributed by atoms with Gasteiger partial charge in [-0.1, -0.05) is 0 Å². The SMILES string of the molecule is Cn1c(N2CCC3(CC2)CC3)nc2c(C(NC3=CC=C(F)C3C(=O)O)C(F)(F)F)cc(F)cc2c1=O. The highest BCUT2D eigenvalue weighted by Crippen LogP contribution is 2.53. The molecule has 5 rings (SSSR count). The zero-order chi connectivity index (χ0) is 26.0. The van der Waals surface area contributed by atoms with Crippen LogP contribution in [-0.2, 0) is 11.8 Å². The van der Waals surface area contributed by atoms with E-state index in [1.807, 2.05) is 10.2 Å². The van der Waals surface area contributed by atoms with Crippen molar-refractivity contribution < 1.29 is 31.9 Å². The van der Waals surface area contributed by atoms with Crippen molar-refractivity contribution >= 4 is 22.8 Å². The minimum Gasteiger partial charge on any atom is -0.480 e. The van der Waals surface area contributed by atoms with Gasteiger partial charge in [0.05, 0.1) is 10.9 Å². The number of halogens is 5. The molecule has 7 nitrogen and oxygen atoms in total. The number of piperidine rings is 1. The molecular weight excluding hydrogens is 487 g/mol. The molecule has 3 aliphatic rings. The topological polar surface area (TPSA) is 87.5 Å². The number of alkyl halides is 3. The number of hydrogen-bond acceptors (Lipinski definition) is 5. The molecule has 2 aromatic rings. The average molecular weight is 510 g/mol. The number of nitrogens with one attached hydrogen (secondary N) is 1. The first-order valence-electron chi connectivity index (χ1n) is 11.5. The maximum absolute atomic E-state index is 14.5. The molecule has 1 spiro atoms. The van der Waals surface area contributed by atoms with Gasteiger partial charge in [-0.2, -0.15) is 13.2 Å². The van der Waals surface area contributed by atoms with Crippen molar-refractivity contribution in [3.8, 4) is 0 Å². The highest BCUT2D eigenvalue weighted by Gasteiger charge is 2.46. The molecule has 2 aliphatic carbocycles. The minimum atomic E-state index is -5.06. The zero-order valence-electron chi connectivity index (χ0n) is 19.2. The number of aliphatic carboxylic acids is 1. The highest BCUT2D eigenvalue weighted by molar-refractivity contribution is 5.83. The first kappa shape index (κ1) is 24.3. The Hall–Kier alpha value is -3.44. The van der Waals surface area contributed by atoms with Gasteiger partial charge < -0.3 is 15.3 Å². The van der Waals surface area contributed by atoms with Crippen molar-refractivity contribution in [2.75, 3.05) is 18.0 Å². The number of carboxylic acids is 1. The lowest BCUT2D eigenvalue weighted by Gasteiger charge is -2.34. The van der Waals surface area contributed by atoms with E-state index in [0.29, 0.717) is 24.6 Å². The van der Waals surface area contributed by atoms with Gasteiger partial charge in [-0.05, 0) is 55.4 Å². The van der Waals surface area contributed by atoms with Crippen LogP contribution in [0.2, 0.25) is 0 Å².